The highest BCUT2D eigenvalue weighted by Crippen LogP contribution is 2.29. The molecule has 18 heavy (non-hydrogen) atoms. The number of nitrogens with two attached hydrogens (primary N) is 1. The molecule has 0 aliphatic heterocycles. The molecule has 1 heterocycles. The number of hydrogen-bond acceptors (Lipinski definition) is 4. The van der Waals surface area contributed by atoms with E-state index < -0.39 is 5.97 Å². The number of hydrogen-bond donors (Lipinski definition) is 2. The fourth-order valence-electron chi connectivity index (χ4n) is 2.81. The van der Waals surface area contributed by atoms with Crippen molar-refractivity contribution in [2.45, 2.75) is 31.8 Å². The summed E-state index contributed by atoms with van der Waals surface area (Å²) in [6, 6.07) is 3.71. The van der Waals surface area contributed by atoms with E-state index in [9.17, 15) is 4.79 Å². The molecule has 0 aromatic carbocycles. The maximum atomic E-state index is 10.7. The van der Waals surface area contributed by atoms with Crippen LogP contribution in [0.5, 0.6) is 0 Å². The molecule has 2 rings (SSSR count). The van der Waals surface area contributed by atoms with Crippen LogP contribution in [0.15, 0.2) is 16.5 Å². The topological polar surface area (TPSA) is 79.7 Å². The summed E-state index contributed by atoms with van der Waals surface area (Å²) in [5.41, 5.74) is 5.77. The third kappa shape index (κ3) is 2.73. The minimum atomic E-state index is -1.02. The van der Waals surface area contributed by atoms with Crippen molar-refractivity contribution in [1.82, 2.24) is 4.90 Å². The first-order valence-corrected chi connectivity index (χ1v) is 6.34. The van der Waals surface area contributed by atoms with Crippen molar-refractivity contribution >= 4 is 5.97 Å². The van der Waals surface area contributed by atoms with Gasteiger partial charge < -0.3 is 15.3 Å². The number of aromatic carboxylic acids is 1. The van der Waals surface area contributed by atoms with Gasteiger partial charge in [0.15, 0.2) is 0 Å². The van der Waals surface area contributed by atoms with Gasteiger partial charge >= 0.3 is 5.97 Å². The van der Waals surface area contributed by atoms with Gasteiger partial charge in [-0.15, -0.1) is 0 Å². The van der Waals surface area contributed by atoms with E-state index in [-0.39, 0.29) is 5.76 Å². The standard InChI is InChI=1S/C13H20N2O3/c1-15(11-4-2-3-9(11)7-14)8-10-5-6-12(18-10)13(16)17/h5-6,9,11H,2-4,7-8,14H2,1H3,(H,16,17). The van der Waals surface area contributed by atoms with Crippen molar-refractivity contribution < 1.29 is 14.3 Å². The van der Waals surface area contributed by atoms with E-state index >= 15 is 0 Å². The average Bonchev–Trinajstić information content (AvgIpc) is 2.96. The van der Waals surface area contributed by atoms with Gasteiger partial charge in [0.05, 0.1) is 6.54 Å². The first kappa shape index (κ1) is 13.1. The average molecular weight is 252 g/mol. The molecule has 1 fully saturated rings. The lowest BCUT2D eigenvalue weighted by molar-refractivity contribution is 0.0657. The fourth-order valence-corrected chi connectivity index (χ4v) is 2.81. The number of nitrogens with zero attached hydrogens (tertiary/aromatic N) is 1. The molecule has 2 unspecified atom stereocenters. The first-order chi connectivity index (χ1) is 8.61. The Morgan fingerprint density at radius 3 is 2.94 bits per heavy atom. The maximum absolute atomic E-state index is 10.7. The Balaban J connectivity index is 1.97. The van der Waals surface area contributed by atoms with Gasteiger partial charge in [-0.05, 0) is 44.5 Å². The smallest absolute Gasteiger partial charge is 0.371 e. The van der Waals surface area contributed by atoms with Crippen LogP contribution in [0.1, 0.15) is 35.6 Å². The molecule has 2 atom stereocenters. The van der Waals surface area contributed by atoms with Gasteiger partial charge in [-0.25, -0.2) is 4.79 Å². The Labute approximate surface area is 107 Å². The van der Waals surface area contributed by atoms with Gasteiger partial charge in [0.1, 0.15) is 5.76 Å². The molecule has 1 aliphatic carbocycles. The van der Waals surface area contributed by atoms with E-state index in [1.165, 1.54) is 18.9 Å². The maximum Gasteiger partial charge on any atom is 0.371 e. The van der Waals surface area contributed by atoms with Crippen molar-refractivity contribution in [3.63, 3.8) is 0 Å². The molecule has 1 aliphatic rings. The molecule has 5 nitrogen and oxygen atoms in total. The van der Waals surface area contributed by atoms with Crippen LogP contribution >= 0.6 is 0 Å². The molecule has 3 N–H and O–H groups in total. The number of carboxylic acid groups (broad SMARTS) is 1. The lowest BCUT2D eigenvalue weighted by Crippen LogP contribution is -2.37. The van der Waals surface area contributed by atoms with Crippen LogP contribution in [0.25, 0.3) is 0 Å². The SMILES string of the molecule is CN(Cc1ccc(C(=O)O)o1)C1CCCC1CN. The Morgan fingerprint density at radius 2 is 2.33 bits per heavy atom. The van der Waals surface area contributed by atoms with Crippen LogP contribution in [0.3, 0.4) is 0 Å². The Hall–Kier alpha value is -1.33. The van der Waals surface area contributed by atoms with Crippen molar-refractivity contribution in [3.05, 3.63) is 23.7 Å². The van der Waals surface area contributed by atoms with Crippen LogP contribution in [0.4, 0.5) is 0 Å². The summed E-state index contributed by atoms with van der Waals surface area (Å²) in [6.45, 7) is 1.35. The largest absolute Gasteiger partial charge is 0.475 e. The normalized spacial score (nSPS) is 23.7. The Bertz CT molecular complexity index is 416. The molecule has 1 aromatic rings. The van der Waals surface area contributed by atoms with Crippen LogP contribution in [-0.2, 0) is 6.54 Å². The van der Waals surface area contributed by atoms with Crippen LogP contribution in [-0.4, -0.2) is 35.6 Å². The lowest BCUT2D eigenvalue weighted by atomic mass is 10.0. The minimum absolute atomic E-state index is 0.000182. The molecular formula is C13H20N2O3. The highest BCUT2D eigenvalue weighted by atomic mass is 16.4. The van der Waals surface area contributed by atoms with Gasteiger partial charge in [-0.1, -0.05) is 6.42 Å². The second-order valence-corrected chi connectivity index (χ2v) is 4.98. The van der Waals surface area contributed by atoms with E-state index in [1.807, 2.05) is 7.05 Å². The summed E-state index contributed by atoms with van der Waals surface area (Å²) in [7, 11) is 2.04. The third-order valence-corrected chi connectivity index (χ3v) is 3.77. The van der Waals surface area contributed by atoms with E-state index in [1.54, 1.807) is 6.07 Å². The summed E-state index contributed by atoms with van der Waals surface area (Å²) in [5, 5.41) is 8.80. The molecule has 1 saturated carbocycles. The second kappa shape index (κ2) is 5.54. The highest BCUT2D eigenvalue weighted by molar-refractivity contribution is 5.84. The summed E-state index contributed by atoms with van der Waals surface area (Å²) in [6.07, 6.45) is 3.56. The molecule has 0 radical (unpaired) electrons. The van der Waals surface area contributed by atoms with Gasteiger partial charge in [0.2, 0.25) is 5.76 Å². The second-order valence-electron chi connectivity index (χ2n) is 4.98. The third-order valence-electron chi connectivity index (χ3n) is 3.77. The zero-order valence-corrected chi connectivity index (χ0v) is 10.6. The number of furan rings is 1. The number of rotatable bonds is 5. The predicted octanol–water partition coefficient (Wildman–Crippen LogP) is 1.54. The van der Waals surface area contributed by atoms with Crippen LogP contribution in [0.2, 0.25) is 0 Å². The van der Waals surface area contributed by atoms with Crippen molar-refractivity contribution in [3.8, 4) is 0 Å². The Morgan fingerprint density at radius 1 is 1.56 bits per heavy atom. The van der Waals surface area contributed by atoms with Crippen molar-refractivity contribution in [2.24, 2.45) is 11.7 Å². The summed E-state index contributed by atoms with van der Waals surface area (Å²) < 4.78 is 5.27. The quantitative estimate of drug-likeness (QED) is 0.831. The van der Waals surface area contributed by atoms with Gasteiger partial charge in [-0.3, -0.25) is 4.90 Å². The van der Waals surface area contributed by atoms with Gasteiger partial charge in [0, 0.05) is 6.04 Å². The number of carboxylic acids is 1. The van der Waals surface area contributed by atoms with E-state index in [0.717, 1.165) is 6.42 Å². The molecule has 5 heteroatoms. The summed E-state index contributed by atoms with van der Waals surface area (Å²) >= 11 is 0. The monoisotopic (exact) mass is 252 g/mol. The molecule has 0 amide bonds. The van der Waals surface area contributed by atoms with Gasteiger partial charge in [-0.2, -0.15) is 0 Å². The van der Waals surface area contributed by atoms with E-state index in [0.29, 0.717) is 30.8 Å². The zero-order valence-electron chi connectivity index (χ0n) is 10.6. The number of carbonyl (C=O) groups is 1. The minimum Gasteiger partial charge on any atom is -0.475 e. The summed E-state index contributed by atoms with van der Waals surface area (Å²) in [5.74, 6) is 0.214. The molecule has 0 bridgehead atoms. The van der Waals surface area contributed by atoms with Crippen LogP contribution < -0.4 is 5.73 Å². The highest BCUT2D eigenvalue weighted by Gasteiger charge is 2.29. The Kier molecular flexibility index (Phi) is 4.04. The lowest BCUT2D eigenvalue weighted by Gasteiger charge is -2.28. The summed E-state index contributed by atoms with van der Waals surface area (Å²) in [4.78, 5) is 12.9. The van der Waals surface area contributed by atoms with E-state index in [2.05, 4.69) is 4.90 Å². The molecule has 100 valence electrons. The molecule has 0 saturated heterocycles. The molecule has 1 aromatic heterocycles. The van der Waals surface area contributed by atoms with Crippen molar-refractivity contribution in [2.75, 3.05) is 13.6 Å². The zero-order chi connectivity index (χ0) is 13.1. The fraction of sp³-hybridized carbons (Fsp3) is 0.615. The van der Waals surface area contributed by atoms with Gasteiger partial charge in [0.25, 0.3) is 0 Å². The van der Waals surface area contributed by atoms with E-state index in [4.69, 9.17) is 15.3 Å². The molecular weight excluding hydrogens is 232 g/mol. The van der Waals surface area contributed by atoms with Crippen LogP contribution in [0, 0.1) is 5.92 Å². The predicted molar refractivity (Wildman–Crippen MR) is 67.3 cm³/mol. The van der Waals surface area contributed by atoms with Crippen molar-refractivity contribution in [1.29, 1.82) is 0 Å². The first-order valence-electron chi connectivity index (χ1n) is 6.34. The molecule has 0 spiro atoms.